The van der Waals surface area contributed by atoms with Crippen molar-refractivity contribution in [3.05, 3.63) is 41.8 Å². The average molecular weight is 354 g/mol. The molecule has 0 spiro atoms. The molecular formula is C17H24ClN3O3. The molecule has 2 rings (SSSR count). The van der Waals surface area contributed by atoms with Crippen molar-refractivity contribution in [2.75, 3.05) is 20.2 Å². The van der Waals surface area contributed by atoms with Gasteiger partial charge in [-0.3, -0.25) is 4.79 Å². The number of hydrogen-bond donors (Lipinski definition) is 2. The van der Waals surface area contributed by atoms with Crippen LogP contribution in [0.25, 0.3) is 11.5 Å². The minimum atomic E-state index is -0.241. The van der Waals surface area contributed by atoms with Crippen LogP contribution in [0, 0.1) is 6.92 Å². The normalized spacial score (nSPS) is 11.6. The van der Waals surface area contributed by atoms with Gasteiger partial charge in [0, 0.05) is 32.2 Å². The fourth-order valence-electron chi connectivity index (χ4n) is 2.12. The molecule has 1 unspecified atom stereocenters. The van der Waals surface area contributed by atoms with Crippen LogP contribution in [0.5, 0.6) is 0 Å². The smallest absolute Gasteiger partial charge is 0.226 e. The number of rotatable bonds is 8. The van der Waals surface area contributed by atoms with Crippen molar-refractivity contribution in [1.29, 1.82) is 0 Å². The number of hydrogen-bond acceptors (Lipinski definition) is 5. The second-order valence-electron chi connectivity index (χ2n) is 5.41. The largest absolute Gasteiger partial charge is 0.444 e. The lowest BCUT2D eigenvalue weighted by Crippen LogP contribution is -2.33. The van der Waals surface area contributed by atoms with Crippen LogP contribution in [-0.2, 0) is 16.0 Å². The molecule has 0 bridgehead atoms. The first-order valence-electron chi connectivity index (χ1n) is 7.63. The van der Waals surface area contributed by atoms with E-state index in [0.717, 1.165) is 11.3 Å². The lowest BCUT2D eigenvalue weighted by molar-refractivity contribution is -0.123. The van der Waals surface area contributed by atoms with Gasteiger partial charge >= 0.3 is 0 Å². The third kappa shape index (κ3) is 5.96. The van der Waals surface area contributed by atoms with Gasteiger partial charge in [0.2, 0.25) is 11.8 Å². The van der Waals surface area contributed by atoms with Crippen LogP contribution < -0.4 is 11.1 Å². The highest BCUT2D eigenvalue weighted by atomic mass is 35.5. The maximum absolute atomic E-state index is 11.7. The van der Waals surface area contributed by atoms with Crippen molar-refractivity contribution in [3.8, 4) is 11.5 Å². The highest BCUT2D eigenvalue weighted by Crippen LogP contribution is 2.19. The van der Waals surface area contributed by atoms with Crippen molar-refractivity contribution in [1.82, 2.24) is 10.3 Å². The predicted octanol–water partition coefficient (Wildman–Crippen LogP) is 2.09. The number of carbonyl (C=O) groups is 1. The standard InChI is InChI=1S/C17H23N3O3.ClH/c1-12-3-5-13(6-4-12)17-20-14(11-23-17)7-8-19-16(21)9-15(10-18)22-2;/h3-6,11,15H,7-10,18H2,1-2H3,(H,19,21);1H. The van der Waals surface area contributed by atoms with Gasteiger partial charge < -0.3 is 20.2 Å². The summed E-state index contributed by atoms with van der Waals surface area (Å²) < 4.78 is 10.6. The maximum atomic E-state index is 11.7. The molecule has 1 aromatic carbocycles. The molecule has 6 nitrogen and oxygen atoms in total. The minimum absolute atomic E-state index is 0. The molecule has 0 saturated carbocycles. The molecule has 1 atom stereocenters. The van der Waals surface area contributed by atoms with Gasteiger partial charge in [0.25, 0.3) is 0 Å². The van der Waals surface area contributed by atoms with Crippen LogP contribution in [0.4, 0.5) is 0 Å². The van der Waals surface area contributed by atoms with E-state index in [9.17, 15) is 4.79 Å². The molecule has 1 amide bonds. The highest BCUT2D eigenvalue weighted by molar-refractivity contribution is 5.85. The summed E-state index contributed by atoms with van der Waals surface area (Å²) in [6.45, 7) is 2.86. The number of nitrogens with zero attached hydrogens (tertiary/aromatic N) is 1. The van der Waals surface area contributed by atoms with Gasteiger partial charge in [0.1, 0.15) is 6.26 Å². The Morgan fingerprint density at radius 3 is 2.71 bits per heavy atom. The zero-order valence-corrected chi connectivity index (χ0v) is 14.8. The Morgan fingerprint density at radius 1 is 1.38 bits per heavy atom. The molecular weight excluding hydrogens is 330 g/mol. The molecule has 0 fully saturated rings. The number of amides is 1. The van der Waals surface area contributed by atoms with E-state index in [1.807, 2.05) is 31.2 Å². The molecule has 132 valence electrons. The summed E-state index contributed by atoms with van der Waals surface area (Å²) in [6.07, 6.45) is 2.26. The lowest BCUT2D eigenvalue weighted by Gasteiger charge is -2.12. The van der Waals surface area contributed by atoms with Crippen molar-refractivity contribution in [3.63, 3.8) is 0 Å². The third-order valence-corrected chi connectivity index (χ3v) is 3.56. The second kappa shape index (κ2) is 10.1. The molecule has 7 heteroatoms. The van der Waals surface area contributed by atoms with Crippen LogP contribution in [-0.4, -0.2) is 37.2 Å². The van der Waals surface area contributed by atoms with Crippen molar-refractivity contribution in [2.24, 2.45) is 5.73 Å². The van der Waals surface area contributed by atoms with E-state index in [1.54, 1.807) is 13.4 Å². The fraction of sp³-hybridized carbons (Fsp3) is 0.412. The molecule has 3 N–H and O–H groups in total. The zero-order valence-electron chi connectivity index (χ0n) is 14.0. The van der Waals surface area contributed by atoms with Crippen molar-refractivity contribution < 1.29 is 13.9 Å². The van der Waals surface area contributed by atoms with Crippen LogP contribution in [0.1, 0.15) is 17.7 Å². The summed E-state index contributed by atoms with van der Waals surface area (Å²) in [4.78, 5) is 16.2. The van der Waals surface area contributed by atoms with E-state index < -0.39 is 0 Å². The number of aryl methyl sites for hydroxylation is 1. The topological polar surface area (TPSA) is 90.4 Å². The van der Waals surface area contributed by atoms with Gasteiger partial charge in [-0.2, -0.15) is 0 Å². The van der Waals surface area contributed by atoms with Gasteiger partial charge in [-0.05, 0) is 19.1 Å². The first-order chi connectivity index (χ1) is 11.1. The minimum Gasteiger partial charge on any atom is -0.444 e. The van der Waals surface area contributed by atoms with Gasteiger partial charge in [0.15, 0.2) is 0 Å². The van der Waals surface area contributed by atoms with E-state index in [0.29, 0.717) is 25.4 Å². The number of carbonyl (C=O) groups excluding carboxylic acids is 1. The molecule has 0 saturated heterocycles. The number of ether oxygens (including phenoxy) is 1. The summed E-state index contributed by atoms with van der Waals surface area (Å²) in [5, 5.41) is 2.83. The molecule has 1 heterocycles. The highest BCUT2D eigenvalue weighted by Gasteiger charge is 2.11. The molecule has 2 aromatic rings. The fourth-order valence-corrected chi connectivity index (χ4v) is 2.12. The van der Waals surface area contributed by atoms with Gasteiger partial charge in [0.05, 0.1) is 18.2 Å². The molecule has 0 radical (unpaired) electrons. The summed E-state index contributed by atoms with van der Waals surface area (Å²) in [7, 11) is 1.55. The van der Waals surface area contributed by atoms with E-state index in [1.165, 1.54) is 5.56 Å². The second-order valence-corrected chi connectivity index (χ2v) is 5.41. The molecule has 0 aliphatic heterocycles. The Kier molecular flexibility index (Phi) is 8.46. The Bertz CT molecular complexity index is 624. The Hall–Kier alpha value is -1.89. The van der Waals surface area contributed by atoms with Crippen molar-refractivity contribution >= 4 is 18.3 Å². The molecule has 1 aromatic heterocycles. The molecule has 24 heavy (non-hydrogen) atoms. The molecule has 0 aliphatic rings. The first kappa shape index (κ1) is 20.2. The Labute approximate surface area is 148 Å². The van der Waals surface area contributed by atoms with E-state index in [2.05, 4.69) is 10.3 Å². The van der Waals surface area contributed by atoms with Crippen molar-refractivity contribution in [2.45, 2.75) is 25.9 Å². The van der Waals surface area contributed by atoms with Gasteiger partial charge in [-0.25, -0.2) is 4.98 Å². The molecule has 0 aliphatic carbocycles. The number of aromatic nitrogens is 1. The average Bonchev–Trinajstić information content (AvgIpc) is 3.02. The number of benzene rings is 1. The van der Waals surface area contributed by atoms with E-state index in [-0.39, 0.29) is 30.8 Å². The summed E-state index contributed by atoms with van der Waals surface area (Å²) in [5.41, 5.74) is 8.43. The number of nitrogens with one attached hydrogen (secondary N) is 1. The summed E-state index contributed by atoms with van der Waals surface area (Å²) in [6, 6.07) is 7.99. The lowest BCUT2D eigenvalue weighted by atomic mass is 10.1. The number of nitrogens with two attached hydrogens (primary N) is 1. The summed E-state index contributed by atoms with van der Waals surface area (Å²) in [5.74, 6) is 0.512. The zero-order chi connectivity index (χ0) is 16.7. The Morgan fingerprint density at radius 2 is 2.08 bits per heavy atom. The maximum Gasteiger partial charge on any atom is 0.226 e. The third-order valence-electron chi connectivity index (χ3n) is 3.56. The number of oxazole rings is 1. The van der Waals surface area contributed by atoms with Crippen LogP contribution in [0.2, 0.25) is 0 Å². The first-order valence-corrected chi connectivity index (χ1v) is 7.63. The quantitative estimate of drug-likeness (QED) is 0.758. The summed E-state index contributed by atoms with van der Waals surface area (Å²) >= 11 is 0. The van der Waals surface area contributed by atoms with Gasteiger partial charge in [-0.15, -0.1) is 12.4 Å². The van der Waals surface area contributed by atoms with Gasteiger partial charge in [-0.1, -0.05) is 17.7 Å². The van der Waals surface area contributed by atoms with E-state index in [4.69, 9.17) is 14.9 Å². The predicted molar refractivity (Wildman–Crippen MR) is 95.1 cm³/mol. The monoisotopic (exact) mass is 353 g/mol. The van der Waals surface area contributed by atoms with Crippen LogP contribution in [0.15, 0.2) is 34.9 Å². The van der Waals surface area contributed by atoms with Crippen LogP contribution >= 0.6 is 12.4 Å². The van der Waals surface area contributed by atoms with Crippen LogP contribution in [0.3, 0.4) is 0 Å². The number of methoxy groups -OCH3 is 1. The SMILES string of the molecule is COC(CN)CC(=O)NCCc1coc(-c2ccc(C)cc2)n1.Cl. The van der Waals surface area contributed by atoms with E-state index >= 15 is 0 Å². The Balaban J connectivity index is 0.00000288. The number of halogens is 1.